The highest BCUT2D eigenvalue weighted by molar-refractivity contribution is 6.74. The van der Waals surface area contributed by atoms with E-state index in [-0.39, 0.29) is 17.5 Å². The molecule has 40 heavy (non-hydrogen) atoms. The van der Waals surface area contributed by atoms with Gasteiger partial charge in [-0.3, -0.25) is 4.79 Å². The fraction of sp³-hybridized carbons (Fsp3) is 0.375. The monoisotopic (exact) mass is 559 g/mol. The molecule has 4 aromatic rings. The van der Waals surface area contributed by atoms with Crippen molar-refractivity contribution in [1.29, 1.82) is 0 Å². The molecule has 0 aliphatic heterocycles. The van der Waals surface area contributed by atoms with Crippen LogP contribution in [0.25, 0.3) is 11.0 Å². The molecule has 0 spiro atoms. The maximum absolute atomic E-state index is 12.9. The Morgan fingerprint density at radius 2 is 1.57 bits per heavy atom. The number of aliphatic hydroxyl groups excluding tert-OH is 1. The van der Waals surface area contributed by atoms with Crippen LogP contribution in [0.2, 0.25) is 18.1 Å². The number of nitrogens with one attached hydrogen (secondary N) is 1. The first-order valence-electron chi connectivity index (χ1n) is 13.8. The summed E-state index contributed by atoms with van der Waals surface area (Å²) in [5, 5.41) is 25.0. The topological polar surface area (TPSA) is 96.6 Å². The van der Waals surface area contributed by atoms with Crippen LogP contribution >= 0.6 is 0 Å². The van der Waals surface area contributed by atoms with Crippen molar-refractivity contribution in [2.45, 2.75) is 64.1 Å². The molecule has 1 aromatic heterocycles. The average molecular weight is 560 g/mol. The summed E-state index contributed by atoms with van der Waals surface area (Å²) < 4.78 is 8.52. The lowest BCUT2D eigenvalue weighted by molar-refractivity contribution is 0.0924. The van der Waals surface area contributed by atoms with E-state index in [4.69, 9.17) is 9.41 Å². The standard InChI is InChI=1S/C32H41N3O4Si/c1-23(36)22-33-29(37)24-17-18-27-28(21-24)35(19-20-39-40(5,6)31(2,3)4)30(34-27)32(38,25-13-9-7-10-14-25)26-15-11-8-12-16-26/h7-18,21,23,36,38H,19-20,22H2,1-6H3,(H,33,37)/t23-/m1/s1. The number of rotatable bonds is 10. The van der Waals surface area contributed by atoms with Gasteiger partial charge in [0.1, 0.15) is 0 Å². The SMILES string of the molecule is C[C@@H](O)CNC(=O)c1ccc2nc(C(O)(c3ccccc3)c3ccccc3)n(CCO[Si](C)(C)C(C)(C)C)c2c1. The lowest BCUT2D eigenvalue weighted by atomic mass is 9.85. The highest BCUT2D eigenvalue weighted by Crippen LogP contribution is 2.39. The van der Waals surface area contributed by atoms with Crippen molar-refractivity contribution in [2.75, 3.05) is 13.2 Å². The minimum Gasteiger partial charge on any atom is -0.415 e. The fourth-order valence-electron chi connectivity index (χ4n) is 4.50. The van der Waals surface area contributed by atoms with Gasteiger partial charge >= 0.3 is 0 Å². The summed E-state index contributed by atoms with van der Waals surface area (Å²) in [7, 11) is -2.03. The molecule has 212 valence electrons. The third kappa shape index (κ3) is 6.05. The van der Waals surface area contributed by atoms with E-state index >= 15 is 0 Å². The minimum absolute atomic E-state index is 0.0523. The second-order valence-electron chi connectivity index (χ2n) is 11.9. The van der Waals surface area contributed by atoms with Crippen molar-refractivity contribution in [2.24, 2.45) is 0 Å². The summed E-state index contributed by atoms with van der Waals surface area (Å²) in [5.74, 6) is 0.177. The van der Waals surface area contributed by atoms with E-state index in [2.05, 4.69) is 39.2 Å². The van der Waals surface area contributed by atoms with Gasteiger partial charge in [-0.15, -0.1) is 0 Å². The number of hydrogen-bond acceptors (Lipinski definition) is 5. The number of fused-ring (bicyclic) bond motifs is 1. The van der Waals surface area contributed by atoms with Crippen molar-refractivity contribution in [3.63, 3.8) is 0 Å². The Morgan fingerprint density at radius 1 is 1.00 bits per heavy atom. The lowest BCUT2D eigenvalue weighted by Gasteiger charge is -2.36. The van der Waals surface area contributed by atoms with Crippen molar-refractivity contribution in [3.8, 4) is 0 Å². The first kappa shape index (κ1) is 29.7. The van der Waals surface area contributed by atoms with Gasteiger partial charge in [-0.05, 0) is 54.4 Å². The molecule has 0 bridgehead atoms. The number of nitrogens with zero attached hydrogens (tertiary/aromatic N) is 2. The van der Waals surface area contributed by atoms with Crippen LogP contribution in [0.4, 0.5) is 0 Å². The highest BCUT2D eigenvalue weighted by atomic mass is 28.4. The molecule has 8 heteroatoms. The number of aliphatic hydroxyl groups is 2. The van der Waals surface area contributed by atoms with Gasteiger partial charge in [-0.25, -0.2) is 4.98 Å². The van der Waals surface area contributed by atoms with E-state index in [1.165, 1.54) is 0 Å². The predicted molar refractivity (Wildman–Crippen MR) is 162 cm³/mol. The molecule has 0 saturated heterocycles. The van der Waals surface area contributed by atoms with Crippen LogP contribution in [0, 0.1) is 0 Å². The number of imidazole rings is 1. The molecule has 3 aromatic carbocycles. The quantitative estimate of drug-likeness (QED) is 0.225. The summed E-state index contributed by atoms with van der Waals surface area (Å²) >= 11 is 0. The molecule has 7 nitrogen and oxygen atoms in total. The zero-order chi connectivity index (χ0) is 29.1. The molecule has 0 saturated carbocycles. The molecule has 1 atom stereocenters. The Hall–Kier alpha value is -3.30. The van der Waals surface area contributed by atoms with Crippen molar-refractivity contribution in [1.82, 2.24) is 14.9 Å². The van der Waals surface area contributed by atoms with Gasteiger partial charge in [0.05, 0.1) is 23.7 Å². The molecule has 0 fully saturated rings. The summed E-state index contributed by atoms with van der Waals surface area (Å²) in [6.07, 6.45) is -0.649. The van der Waals surface area contributed by atoms with Gasteiger partial charge in [0.2, 0.25) is 0 Å². The van der Waals surface area contributed by atoms with Gasteiger partial charge < -0.3 is 24.5 Å². The molecule has 3 N–H and O–H groups in total. The van der Waals surface area contributed by atoms with Crippen molar-refractivity contribution >= 4 is 25.3 Å². The smallest absolute Gasteiger partial charge is 0.251 e. The molecule has 0 aliphatic rings. The zero-order valence-electron chi connectivity index (χ0n) is 24.3. The Kier molecular flexibility index (Phi) is 8.65. The number of carbonyl (C=O) groups is 1. The predicted octanol–water partition coefficient (Wildman–Crippen LogP) is 5.45. The number of amides is 1. The summed E-state index contributed by atoms with van der Waals surface area (Å²) in [5.41, 5.74) is 1.68. The second kappa shape index (κ2) is 11.7. The average Bonchev–Trinajstić information content (AvgIpc) is 3.29. The van der Waals surface area contributed by atoms with Gasteiger partial charge in [-0.1, -0.05) is 81.4 Å². The van der Waals surface area contributed by atoms with Gasteiger partial charge in [-0.2, -0.15) is 0 Å². The second-order valence-corrected chi connectivity index (χ2v) is 16.7. The third-order valence-corrected chi connectivity index (χ3v) is 12.4. The minimum atomic E-state index is -2.03. The van der Waals surface area contributed by atoms with Crippen molar-refractivity contribution < 1.29 is 19.4 Å². The Morgan fingerprint density at radius 3 is 2.10 bits per heavy atom. The number of carbonyl (C=O) groups excluding carboxylic acids is 1. The van der Waals surface area contributed by atoms with Crippen LogP contribution in [0.5, 0.6) is 0 Å². The molecule has 0 aliphatic carbocycles. The van der Waals surface area contributed by atoms with E-state index < -0.39 is 20.0 Å². The van der Waals surface area contributed by atoms with Crippen LogP contribution in [0.3, 0.4) is 0 Å². The fourth-order valence-corrected chi connectivity index (χ4v) is 5.54. The van der Waals surface area contributed by atoms with Gasteiger partial charge in [0.25, 0.3) is 5.91 Å². The largest absolute Gasteiger partial charge is 0.415 e. The molecular formula is C32H41N3O4Si. The van der Waals surface area contributed by atoms with E-state index in [0.29, 0.717) is 41.2 Å². The van der Waals surface area contributed by atoms with Crippen LogP contribution in [0.15, 0.2) is 78.9 Å². The van der Waals surface area contributed by atoms with Crippen LogP contribution in [-0.4, -0.2) is 53.2 Å². The molecular weight excluding hydrogens is 518 g/mol. The van der Waals surface area contributed by atoms with E-state index in [9.17, 15) is 15.0 Å². The van der Waals surface area contributed by atoms with E-state index in [0.717, 1.165) is 5.52 Å². The maximum atomic E-state index is 12.9. The van der Waals surface area contributed by atoms with E-state index in [1.807, 2.05) is 65.2 Å². The molecule has 0 unspecified atom stereocenters. The number of aromatic nitrogens is 2. The Bertz CT molecular complexity index is 1400. The number of benzene rings is 3. The summed E-state index contributed by atoms with van der Waals surface area (Å²) in [4.78, 5) is 17.9. The molecule has 1 amide bonds. The third-order valence-electron chi connectivity index (χ3n) is 7.86. The lowest BCUT2D eigenvalue weighted by Crippen LogP contribution is -2.41. The van der Waals surface area contributed by atoms with Crippen molar-refractivity contribution in [3.05, 3.63) is 101 Å². The highest BCUT2D eigenvalue weighted by Gasteiger charge is 2.40. The van der Waals surface area contributed by atoms with Crippen LogP contribution in [0.1, 0.15) is 55.0 Å². The number of hydrogen-bond donors (Lipinski definition) is 3. The molecule has 4 rings (SSSR count). The van der Waals surface area contributed by atoms with Crippen LogP contribution in [-0.2, 0) is 16.6 Å². The summed E-state index contributed by atoms with van der Waals surface area (Å²) in [6.45, 7) is 13.7. The van der Waals surface area contributed by atoms with Gasteiger partial charge in [0.15, 0.2) is 19.7 Å². The van der Waals surface area contributed by atoms with Gasteiger partial charge in [0, 0.05) is 18.7 Å². The first-order chi connectivity index (χ1) is 18.8. The van der Waals surface area contributed by atoms with E-state index in [1.54, 1.807) is 25.1 Å². The van der Waals surface area contributed by atoms with Crippen LogP contribution < -0.4 is 5.32 Å². The molecule has 0 radical (unpaired) electrons. The summed E-state index contributed by atoms with van der Waals surface area (Å²) in [6, 6.07) is 24.4. The normalized spacial score (nSPS) is 13.4. The Balaban J connectivity index is 1.87. The zero-order valence-corrected chi connectivity index (χ0v) is 25.3. The first-order valence-corrected chi connectivity index (χ1v) is 16.7. The maximum Gasteiger partial charge on any atom is 0.251 e. The molecule has 1 heterocycles. The Labute approximate surface area is 238 Å².